The maximum absolute atomic E-state index is 11.5. The van der Waals surface area contributed by atoms with Crippen molar-refractivity contribution in [2.24, 2.45) is 0 Å². The maximum atomic E-state index is 11.5. The summed E-state index contributed by atoms with van der Waals surface area (Å²) in [4.78, 5) is 15.6. The molecule has 0 saturated heterocycles. The van der Waals surface area contributed by atoms with Crippen LogP contribution in [0, 0.1) is 0 Å². The highest BCUT2D eigenvalue weighted by Gasteiger charge is 2.16. The number of aromatic nitrogens is 1. The number of carbonyl (C=O) groups is 1. The lowest BCUT2D eigenvalue weighted by atomic mass is 10.2. The van der Waals surface area contributed by atoms with Gasteiger partial charge >= 0.3 is 6.09 Å². The summed E-state index contributed by atoms with van der Waals surface area (Å²) >= 11 is 0. The van der Waals surface area contributed by atoms with E-state index in [0.29, 0.717) is 12.4 Å². The molecule has 1 amide bonds. The molecule has 0 bridgehead atoms. The monoisotopic (exact) mass is 281 g/mol. The van der Waals surface area contributed by atoms with Crippen LogP contribution < -0.4 is 15.4 Å². The summed E-state index contributed by atoms with van der Waals surface area (Å²) in [5, 5.41) is 5.94. The minimum absolute atomic E-state index is 0.0534. The van der Waals surface area contributed by atoms with Crippen molar-refractivity contribution in [3.63, 3.8) is 0 Å². The fourth-order valence-corrected chi connectivity index (χ4v) is 1.47. The lowest BCUT2D eigenvalue weighted by molar-refractivity contribution is 0.0526. The summed E-state index contributed by atoms with van der Waals surface area (Å²) in [5.41, 5.74) is 0.380. The Morgan fingerprint density at radius 1 is 1.40 bits per heavy atom. The van der Waals surface area contributed by atoms with Gasteiger partial charge in [-0.25, -0.2) is 9.78 Å². The van der Waals surface area contributed by atoms with Gasteiger partial charge in [-0.2, -0.15) is 0 Å². The number of nitrogens with one attached hydrogen (secondary N) is 2. The number of ether oxygens (including phenoxy) is 2. The standard InChI is InChI=1S/C14H23N3O3/c1-10(8-16-13(18)20-14(2,3)4)17-11-6-7-12(19-5)15-9-11/h6-7,9-10,17H,8H2,1-5H3,(H,16,18). The third kappa shape index (κ3) is 6.26. The Balaban J connectivity index is 2.36. The second kappa shape index (κ2) is 6.98. The third-order valence-electron chi connectivity index (χ3n) is 2.31. The minimum atomic E-state index is -0.485. The number of hydrogen-bond donors (Lipinski definition) is 2. The smallest absolute Gasteiger partial charge is 0.407 e. The van der Waals surface area contributed by atoms with Gasteiger partial charge < -0.3 is 20.1 Å². The van der Waals surface area contributed by atoms with Crippen molar-refractivity contribution < 1.29 is 14.3 Å². The van der Waals surface area contributed by atoms with E-state index in [1.165, 1.54) is 0 Å². The molecule has 1 heterocycles. The molecule has 1 atom stereocenters. The van der Waals surface area contributed by atoms with Crippen molar-refractivity contribution in [1.82, 2.24) is 10.3 Å². The van der Waals surface area contributed by atoms with Gasteiger partial charge in [0.15, 0.2) is 0 Å². The van der Waals surface area contributed by atoms with Crippen LogP contribution in [0.15, 0.2) is 18.3 Å². The maximum Gasteiger partial charge on any atom is 0.407 e. The first-order valence-electron chi connectivity index (χ1n) is 6.53. The average molecular weight is 281 g/mol. The van der Waals surface area contributed by atoms with Gasteiger partial charge in [-0.05, 0) is 33.8 Å². The number of methoxy groups -OCH3 is 1. The topological polar surface area (TPSA) is 72.5 Å². The Morgan fingerprint density at radius 2 is 2.10 bits per heavy atom. The highest BCUT2D eigenvalue weighted by atomic mass is 16.6. The van der Waals surface area contributed by atoms with E-state index in [1.807, 2.05) is 33.8 Å². The molecular weight excluding hydrogens is 258 g/mol. The molecule has 0 spiro atoms. The van der Waals surface area contributed by atoms with Crippen molar-refractivity contribution in [1.29, 1.82) is 0 Å². The number of rotatable bonds is 5. The normalized spacial score (nSPS) is 12.4. The zero-order valence-electron chi connectivity index (χ0n) is 12.7. The van der Waals surface area contributed by atoms with Crippen LogP contribution in [0.3, 0.4) is 0 Å². The summed E-state index contributed by atoms with van der Waals surface area (Å²) in [7, 11) is 1.57. The molecule has 1 aromatic rings. The summed E-state index contributed by atoms with van der Waals surface area (Å²) < 4.78 is 10.1. The fraction of sp³-hybridized carbons (Fsp3) is 0.571. The van der Waals surface area contributed by atoms with Crippen molar-refractivity contribution in [2.75, 3.05) is 19.0 Å². The van der Waals surface area contributed by atoms with E-state index in [-0.39, 0.29) is 6.04 Å². The SMILES string of the molecule is COc1ccc(NC(C)CNC(=O)OC(C)(C)C)cn1. The Labute approximate surface area is 119 Å². The van der Waals surface area contributed by atoms with E-state index < -0.39 is 11.7 Å². The number of nitrogens with zero attached hydrogens (tertiary/aromatic N) is 1. The number of hydrogen-bond acceptors (Lipinski definition) is 5. The molecule has 2 N–H and O–H groups in total. The highest BCUT2D eigenvalue weighted by molar-refractivity contribution is 5.67. The van der Waals surface area contributed by atoms with Crippen molar-refractivity contribution in [2.45, 2.75) is 39.3 Å². The largest absolute Gasteiger partial charge is 0.481 e. The van der Waals surface area contributed by atoms with Crippen LogP contribution >= 0.6 is 0 Å². The molecule has 1 aromatic heterocycles. The summed E-state index contributed by atoms with van der Waals surface area (Å²) in [6.07, 6.45) is 1.27. The van der Waals surface area contributed by atoms with E-state index in [1.54, 1.807) is 19.4 Å². The van der Waals surface area contributed by atoms with Crippen molar-refractivity contribution >= 4 is 11.8 Å². The van der Waals surface area contributed by atoms with Gasteiger partial charge in [0, 0.05) is 18.7 Å². The van der Waals surface area contributed by atoms with Crippen LogP contribution in [0.1, 0.15) is 27.7 Å². The van der Waals surface area contributed by atoms with Gasteiger partial charge in [0.05, 0.1) is 19.0 Å². The first kappa shape index (κ1) is 16.1. The van der Waals surface area contributed by atoms with E-state index in [2.05, 4.69) is 15.6 Å². The average Bonchev–Trinajstić information content (AvgIpc) is 2.35. The first-order valence-corrected chi connectivity index (χ1v) is 6.53. The van der Waals surface area contributed by atoms with E-state index in [0.717, 1.165) is 5.69 Å². The number of pyridine rings is 1. The highest BCUT2D eigenvalue weighted by Crippen LogP contribution is 2.12. The van der Waals surface area contributed by atoms with Gasteiger partial charge in [0.1, 0.15) is 5.60 Å². The Kier molecular flexibility index (Phi) is 5.61. The molecule has 6 heteroatoms. The molecule has 6 nitrogen and oxygen atoms in total. The van der Waals surface area contributed by atoms with Gasteiger partial charge in [-0.1, -0.05) is 0 Å². The molecule has 0 aliphatic carbocycles. The number of amides is 1. The Hall–Kier alpha value is -1.98. The lowest BCUT2D eigenvalue weighted by Crippen LogP contribution is -2.38. The number of carbonyl (C=O) groups excluding carboxylic acids is 1. The lowest BCUT2D eigenvalue weighted by Gasteiger charge is -2.21. The van der Waals surface area contributed by atoms with E-state index >= 15 is 0 Å². The predicted molar refractivity (Wildman–Crippen MR) is 78.1 cm³/mol. The fourth-order valence-electron chi connectivity index (χ4n) is 1.47. The molecular formula is C14H23N3O3. The molecule has 112 valence electrons. The molecule has 0 aliphatic heterocycles. The molecule has 20 heavy (non-hydrogen) atoms. The van der Waals surface area contributed by atoms with Crippen molar-refractivity contribution in [3.05, 3.63) is 18.3 Å². The summed E-state index contributed by atoms with van der Waals surface area (Å²) in [5.74, 6) is 0.565. The minimum Gasteiger partial charge on any atom is -0.481 e. The number of alkyl carbamates (subject to hydrolysis) is 1. The number of anilines is 1. The Morgan fingerprint density at radius 3 is 2.60 bits per heavy atom. The molecule has 1 rings (SSSR count). The summed E-state index contributed by atoms with van der Waals surface area (Å²) in [6.45, 7) is 7.91. The van der Waals surface area contributed by atoms with Crippen molar-refractivity contribution in [3.8, 4) is 5.88 Å². The van der Waals surface area contributed by atoms with E-state index in [4.69, 9.17) is 9.47 Å². The summed E-state index contributed by atoms with van der Waals surface area (Å²) in [6, 6.07) is 3.70. The Bertz CT molecular complexity index is 426. The second-order valence-electron chi connectivity index (χ2n) is 5.52. The molecule has 0 radical (unpaired) electrons. The van der Waals surface area contributed by atoms with Crippen LogP contribution in [0.2, 0.25) is 0 Å². The molecule has 1 unspecified atom stereocenters. The molecule has 0 aromatic carbocycles. The van der Waals surface area contributed by atoms with Crippen LogP contribution in [-0.2, 0) is 4.74 Å². The van der Waals surface area contributed by atoms with E-state index in [9.17, 15) is 4.79 Å². The molecule has 0 fully saturated rings. The quantitative estimate of drug-likeness (QED) is 0.867. The van der Waals surface area contributed by atoms with Crippen LogP contribution in [-0.4, -0.2) is 36.4 Å². The predicted octanol–water partition coefficient (Wildman–Crippen LogP) is 2.42. The van der Waals surface area contributed by atoms with Crippen LogP contribution in [0.4, 0.5) is 10.5 Å². The van der Waals surface area contributed by atoms with Gasteiger partial charge in [0.2, 0.25) is 5.88 Å². The van der Waals surface area contributed by atoms with Gasteiger partial charge in [-0.15, -0.1) is 0 Å². The zero-order chi connectivity index (χ0) is 15.2. The first-order chi connectivity index (χ1) is 9.30. The van der Waals surface area contributed by atoms with Crippen LogP contribution in [0.25, 0.3) is 0 Å². The zero-order valence-corrected chi connectivity index (χ0v) is 12.7. The molecule has 0 aliphatic rings. The third-order valence-corrected chi connectivity index (χ3v) is 2.31. The molecule has 0 saturated carbocycles. The second-order valence-corrected chi connectivity index (χ2v) is 5.52. The van der Waals surface area contributed by atoms with Crippen LogP contribution in [0.5, 0.6) is 5.88 Å². The van der Waals surface area contributed by atoms with Gasteiger partial charge in [-0.3, -0.25) is 0 Å². The van der Waals surface area contributed by atoms with Gasteiger partial charge in [0.25, 0.3) is 0 Å².